The summed E-state index contributed by atoms with van der Waals surface area (Å²) in [5.41, 5.74) is 0. The van der Waals surface area contributed by atoms with Crippen LogP contribution in [0.5, 0.6) is 0 Å². The Labute approximate surface area is 117 Å². The van der Waals surface area contributed by atoms with Gasteiger partial charge in [0, 0.05) is 35.6 Å². The van der Waals surface area contributed by atoms with Gasteiger partial charge in [-0.1, -0.05) is 11.6 Å². The third-order valence-corrected chi connectivity index (χ3v) is 4.25. The highest BCUT2D eigenvalue weighted by Gasteiger charge is 2.22. The predicted molar refractivity (Wildman–Crippen MR) is 76.2 cm³/mol. The molecule has 1 atom stereocenters. The normalized spacial score (nSPS) is 19.9. The lowest BCUT2D eigenvalue weighted by molar-refractivity contribution is -0.131. The fourth-order valence-corrected chi connectivity index (χ4v) is 2.88. The number of piperazine rings is 1. The summed E-state index contributed by atoms with van der Waals surface area (Å²) in [6.07, 6.45) is 0. The Balaban J connectivity index is 1.85. The summed E-state index contributed by atoms with van der Waals surface area (Å²) in [6.45, 7) is 4.66. The first-order chi connectivity index (χ1) is 8.66. The summed E-state index contributed by atoms with van der Waals surface area (Å²) in [5.74, 6) is 0.704. The molecule has 18 heavy (non-hydrogen) atoms. The molecule has 0 aliphatic carbocycles. The van der Waals surface area contributed by atoms with Crippen molar-refractivity contribution in [2.45, 2.75) is 17.9 Å². The van der Waals surface area contributed by atoms with E-state index in [0.29, 0.717) is 5.75 Å². The molecule has 0 unspecified atom stereocenters. The maximum atomic E-state index is 12.1. The van der Waals surface area contributed by atoms with Crippen molar-refractivity contribution in [2.24, 2.45) is 0 Å². The molecule has 0 spiro atoms. The summed E-state index contributed by atoms with van der Waals surface area (Å²) < 4.78 is 0. The molecule has 1 fully saturated rings. The van der Waals surface area contributed by atoms with Crippen molar-refractivity contribution >= 4 is 29.3 Å². The van der Waals surface area contributed by atoms with Gasteiger partial charge in [-0.2, -0.15) is 0 Å². The van der Waals surface area contributed by atoms with E-state index in [4.69, 9.17) is 11.6 Å². The van der Waals surface area contributed by atoms with E-state index in [2.05, 4.69) is 12.2 Å². The summed E-state index contributed by atoms with van der Waals surface area (Å²) in [5, 5.41) is 4.01. The van der Waals surface area contributed by atoms with Crippen LogP contribution in [0.1, 0.15) is 6.92 Å². The predicted octanol–water partition coefficient (Wildman–Crippen LogP) is 2.25. The van der Waals surface area contributed by atoms with Crippen LogP contribution in [0, 0.1) is 0 Å². The van der Waals surface area contributed by atoms with Crippen LogP contribution in [0.15, 0.2) is 29.2 Å². The molecule has 1 heterocycles. The summed E-state index contributed by atoms with van der Waals surface area (Å²) in [7, 11) is 0. The first-order valence-electron chi connectivity index (χ1n) is 6.05. The van der Waals surface area contributed by atoms with Crippen molar-refractivity contribution in [1.82, 2.24) is 10.2 Å². The molecular weight excluding hydrogens is 268 g/mol. The van der Waals surface area contributed by atoms with E-state index in [9.17, 15) is 4.79 Å². The molecule has 1 aromatic rings. The summed E-state index contributed by atoms with van der Waals surface area (Å²) in [4.78, 5) is 15.1. The first kappa shape index (κ1) is 13.7. The molecule has 3 nitrogen and oxygen atoms in total. The van der Waals surface area contributed by atoms with Gasteiger partial charge >= 0.3 is 0 Å². The van der Waals surface area contributed by atoms with E-state index in [1.54, 1.807) is 11.8 Å². The molecule has 1 amide bonds. The second-order valence-electron chi connectivity index (χ2n) is 4.38. The van der Waals surface area contributed by atoms with Crippen LogP contribution < -0.4 is 5.32 Å². The Morgan fingerprint density at radius 2 is 2.22 bits per heavy atom. The van der Waals surface area contributed by atoms with Gasteiger partial charge in [0.2, 0.25) is 5.91 Å². The molecule has 1 N–H and O–H groups in total. The molecule has 1 aliphatic heterocycles. The zero-order valence-electron chi connectivity index (χ0n) is 10.4. The third-order valence-electron chi connectivity index (χ3n) is 3.00. The Bertz CT molecular complexity index is 410. The Morgan fingerprint density at radius 3 is 2.89 bits per heavy atom. The van der Waals surface area contributed by atoms with Crippen LogP contribution in [0.2, 0.25) is 5.02 Å². The molecular formula is C13H17ClN2OS. The molecule has 1 saturated heterocycles. The van der Waals surface area contributed by atoms with Gasteiger partial charge < -0.3 is 10.2 Å². The van der Waals surface area contributed by atoms with E-state index in [1.807, 2.05) is 29.2 Å². The molecule has 2 rings (SSSR count). The molecule has 0 saturated carbocycles. The SMILES string of the molecule is C[C@@H]1CNCCN1C(=O)CSc1ccc(Cl)cc1. The lowest BCUT2D eigenvalue weighted by Gasteiger charge is -2.33. The van der Waals surface area contributed by atoms with Gasteiger partial charge in [-0.15, -0.1) is 11.8 Å². The second-order valence-corrected chi connectivity index (χ2v) is 5.87. The molecule has 98 valence electrons. The number of rotatable bonds is 3. The molecule has 1 aliphatic rings. The number of hydrogen-bond donors (Lipinski definition) is 1. The maximum absolute atomic E-state index is 12.1. The van der Waals surface area contributed by atoms with Gasteiger partial charge in [0.25, 0.3) is 0 Å². The Hall–Kier alpha value is -0.710. The molecule has 1 aromatic carbocycles. The number of carbonyl (C=O) groups is 1. The van der Waals surface area contributed by atoms with E-state index >= 15 is 0 Å². The van der Waals surface area contributed by atoms with Crippen LogP contribution in [-0.2, 0) is 4.79 Å². The van der Waals surface area contributed by atoms with Crippen LogP contribution >= 0.6 is 23.4 Å². The van der Waals surface area contributed by atoms with Crippen LogP contribution in [0.3, 0.4) is 0 Å². The number of nitrogens with one attached hydrogen (secondary N) is 1. The van der Waals surface area contributed by atoms with Crippen molar-refractivity contribution in [1.29, 1.82) is 0 Å². The average molecular weight is 285 g/mol. The number of benzene rings is 1. The van der Waals surface area contributed by atoms with Crippen LogP contribution in [0.4, 0.5) is 0 Å². The monoisotopic (exact) mass is 284 g/mol. The first-order valence-corrected chi connectivity index (χ1v) is 7.42. The fraction of sp³-hybridized carbons (Fsp3) is 0.462. The van der Waals surface area contributed by atoms with Crippen molar-refractivity contribution in [2.75, 3.05) is 25.4 Å². The van der Waals surface area contributed by atoms with Crippen molar-refractivity contribution in [3.63, 3.8) is 0 Å². The highest BCUT2D eigenvalue weighted by molar-refractivity contribution is 8.00. The fourth-order valence-electron chi connectivity index (χ4n) is 1.97. The van der Waals surface area contributed by atoms with Crippen molar-refractivity contribution in [3.05, 3.63) is 29.3 Å². The van der Waals surface area contributed by atoms with E-state index in [0.717, 1.165) is 29.6 Å². The standard InChI is InChI=1S/C13H17ClN2OS/c1-10-8-15-6-7-16(10)13(17)9-18-12-4-2-11(14)3-5-12/h2-5,10,15H,6-9H2,1H3/t10-/m1/s1. The number of hydrogen-bond acceptors (Lipinski definition) is 3. The molecule has 5 heteroatoms. The molecule has 0 aromatic heterocycles. The van der Waals surface area contributed by atoms with Crippen molar-refractivity contribution in [3.8, 4) is 0 Å². The minimum atomic E-state index is 0.212. The van der Waals surface area contributed by atoms with Crippen LogP contribution in [-0.4, -0.2) is 42.2 Å². The number of nitrogens with zero attached hydrogens (tertiary/aromatic N) is 1. The van der Waals surface area contributed by atoms with Gasteiger partial charge in [-0.25, -0.2) is 0 Å². The molecule has 0 bridgehead atoms. The minimum Gasteiger partial charge on any atom is -0.337 e. The van der Waals surface area contributed by atoms with E-state index < -0.39 is 0 Å². The second kappa shape index (κ2) is 6.45. The van der Waals surface area contributed by atoms with Gasteiger partial charge in [0.15, 0.2) is 0 Å². The lowest BCUT2D eigenvalue weighted by Crippen LogP contribution is -2.52. The summed E-state index contributed by atoms with van der Waals surface area (Å²) >= 11 is 7.39. The number of thioether (sulfide) groups is 1. The quantitative estimate of drug-likeness (QED) is 0.864. The highest BCUT2D eigenvalue weighted by Crippen LogP contribution is 2.21. The van der Waals surface area contributed by atoms with Crippen LogP contribution in [0.25, 0.3) is 0 Å². The highest BCUT2D eigenvalue weighted by atomic mass is 35.5. The van der Waals surface area contributed by atoms with Gasteiger partial charge in [-0.05, 0) is 31.2 Å². The minimum absolute atomic E-state index is 0.212. The number of amides is 1. The zero-order chi connectivity index (χ0) is 13.0. The van der Waals surface area contributed by atoms with Gasteiger partial charge in [0.05, 0.1) is 5.75 Å². The summed E-state index contributed by atoms with van der Waals surface area (Å²) in [6, 6.07) is 7.88. The van der Waals surface area contributed by atoms with Gasteiger partial charge in [-0.3, -0.25) is 4.79 Å². The largest absolute Gasteiger partial charge is 0.337 e. The van der Waals surface area contributed by atoms with Gasteiger partial charge in [0.1, 0.15) is 0 Å². The van der Waals surface area contributed by atoms with E-state index in [-0.39, 0.29) is 11.9 Å². The Morgan fingerprint density at radius 1 is 1.50 bits per heavy atom. The number of carbonyl (C=O) groups excluding carboxylic acids is 1. The number of halogens is 1. The maximum Gasteiger partial charge on any atom is 0.233 e. The lowest BCUT2D eigenvalue weighted by atomic mass is 10.2. The Kier molecular flexibility index (Phi) is 4.92. The van der Waals surface area contributed by atoms with E-state index in [1.165, 1.54) is 0 Å². The smallest absolute Gasteiger partial charge is 0.233 e. The topological polar surface area (TPSA) is 32.3 Å². The zero-order valence-corrected chi connectivity index (χ0v) is 11.9. The average Bonchev–Trinajstić information content (AvgIpc) is 2.38. The van der Waals surface area contributed by atoms with Crippen molar-refractivity contribution < 1.29 is 4.79 Å². The molecule has 0 radical (unpaired) electrons. The third kappa shape index (κ3) is 3.64.